The maximum absolute atomic E-state index is 9.00. The van der Waals surface area contributed by atoms with E-state index in [2.05, 4.69) is 4.98 Å². The van der Waals surface area contributed by atoms with Gasteiger partial charge in [-0.1, -0.05) is 29.8 Å². The lowest BCUT2D eigenvalue weighted by Crippen LogP contribution is -1.96. The lowest BCUT2D eigenvalue weighted by Gasteiger charge is -2.04. The van der Waals surface area contributed by atoms with Crippen molar-refractivity contribution in [2.75, 3.05) is 0 Å². The SMILES string of the molecule is Cc1ccc(-c2nc(COc3ccc(CO)cc3)co2)cc1. The van der Waals surface area contributed by atoms with Gasteiger partial charge in [-0.05, 0) is 36.8 Å². The van der Waals surface area contributed by atoms with E-state index in [1.165, 1.54) is 5.56 Å². The number of nitrogens with zero attached hydrogens (tertiary/aromatic N) is 1. The number of hydrogen-bond donors (Lipinski definition) is 1. The molecule has 1 aromatic heterocycles. The summed E-state index contributed by atoms with van der Waals surface area (Å²) >= 11 is 0. The minimum atomic E-state index is 0.0312. The minimum Gasteiger partial charge on any atom is -0.487 e. The Morgan fingerprint density at radius 1 is 1.05 bits per heavy atom. The molecule has 4 heteroatoms. The van der Waals surface area contributed by atoms with Gasteiger partial charge in [0.05, 0.1) is 6.61 Å². The van der Waals surface area contributed by atoms with Gasteiger partial charge in [0.25, 0.3) is 0 Å². The van der Waals surface area contributed by atoms with Crippen LogP contribution in [0, 0.1) is 6.92 Å². The molecule has 3 aromatic rings. The van der Waals surface area contributed by atoms with Crippen LogP contribution in [0.4, 0.5) is 0 Å². The van der Waals surface area contributed by atoms with E-state index >= 15 is 0 Å². The molecular formula is C18H17NO3. The summed E-state index contributed by atoms with van der Waals surface area (Å²) in [6, 6.07) is 15.3. The molecule has 0 fully saturated rings. The fraction of sp³-hybridized carbons (Fsp3) is 0.167. The van der Waals surface area contributed by atoms with Gasteiger partial charge in [-0.2, -0.15) is 0 Å². The molecule has 0 radical (unpaired) electrons. The molecule has 0 aliphatic carbocycles. The quantitative estimate of drug-likeness (QED) is 0.779. The predicted octanol–water partition coefficient (Wildman–Crippen LogP) is 3.72. The second kappa shape index (κ2) is 6.45. The first-order valence-corrected chi connectivity index (χ1v) is 7.08. The molecule has 0 bridgehead atoms. The molecule has 0 aliphatic rings. The number of aryl methyl sites for hydroxylation is 1. The highest BCUT2D eigenvalue weighted by Crippen LogP contribution is 2.20. The van der Waals surface area contributed by atoms with Gasteiger partial charge in [0, 0.05) is 5.56 Å². The highest BCUT2D eigenvalue weighted by molar-refractivity contribution is 5.53. The van der Waals surface area contributed by atoms with E-state index in [1.807, 2.05) is 55.5 Å². The Morgan fingerprint density at radius 3 is 2.45 bits per heavy atom. The number of hydrogen-bond acceptors (Lipinski definition) is 4. The Hall–Kier alpha value is -2.59. The van der Waals surface area contributed by atoms with Crippen molar-refractivity contribution in [1.29, 1.82) is 0 Å². The van der Waals surface area contributed by atoms with E-state index in [9.17, 15) is 0 Å². The van der Waals surface area contributed by atoms with E-state index in [0.29, 0.717) is 12.5 Å². The van der Waals surface area contributed by atoms with Crippen LogP contribution < -0.4 is 4.74 Å². The van der Waals surface area contributed by atoms with Crippen LogP contribution in [0.15, 0.2) is 59.2 Å². The summed E-state index contributed by atoms with van der Waals surface area (Å²) < 4.78 is 11.1. The Morgan fingerprint density at radius 2 is 1.77 bits per heavy atom. The predicted molar refractivity (Wildman–Crippen MR) is 83.4 cm³/mol. The Balaban J connectivity index is 1.65. The first-order valence-electron chi connectivity index (χ1n) is 7.08. The molecule has 0 unspecified atom stereocenters. The van der Waals surface area contributed by atoms with Crippen molar-refractivity contribution in [2.45, 2.75) is 20.1 Å². The summed E-state index contributed by atoms with van der Waals surface area (Å²) in [5, 5.41) is 9.00. The third-order valence-electron chi connectivity index (χ3n) is 3.34. The molecule has 0 atom stereocenters. The topological polar surface area (TPSA) is 55.5 Å². The van der Waals surface area contributed by atoms with Gasteiger partial charge in [0.1, 0.15) is 24.3 Å². The van der Waals surface area contributed by atoms with E-state index in [0.717, 1.165) is 22.6 Å². The minimum absolute atomic E-state index is 0.0312. The number of aromatic nitrogens is 1. The number of benzene rings is 2. The van der Waals surface area contributed by atoms with Crippen LogP contribution >= 0.6 is 0 Å². The van der Waals surface area contributed by atoms with Crippen LogP contribution in [-0.4, -0.2) is 10.1 Å². The van der Waals surface area contributed by atoms with Crippen LogP contribution in [0.25, 0.3) is 11.5 Å². The molecule has 0 aliphatic heterocycles. The average Bonchev–Trinajstić information content (AvgIpc) is 3.03. The molecule has 0 spiro atoms. The number of aliphatic hydroxyl groups excluding tert-OH is 1. The molecule has 0 saturated heterocycles. The number of aliphatic hydroxyl groups is 1. The lowest BCUT2D eigenvalue weighted by atomic mass is 10.1. The third kappa shape index (κ3) is 3.35. The maximum atomic E-state index is 9.00. The van der Waals surface area contributed by atoms with Crippen LogP contribution in [0.2, 0.25) is 0 Å². The van der Waals surface area contributed by atoms with Crippen molar-refractivity contribution in [3.8, 4) is 17.2 Å². The zero-order chi connectivity index (χ0) is 15.4. The van der Waals surface area contributed by atoms with Crippen molar-refractivity contribution in [2.24, 2.45) is 0 Å². The fourth-order valence-corrected chi connectivity index (χ4v) is 2.05. The van der Waals surface area contributed by atoms with Crippen molar-refractivity contribution < 1.29 is 14.3 Å². The second-order valence-corrected chi connectivity index (χ2v) is 5.10. The highest BCUT2D eigenvalue weighted by atomic mass is 16.5. The van der Waals surface area contributed by atoms with Gasteiger partial charge in [-0.15, -0.1) is 0 Å². The molecule has 22 heavy (non-hydrogen) atoms. The van der Waals surface area contributed by atoms with Gasteiger partial charge in [0.15, 0.2) is 0 Å². The van der Waals surface area contributed by atoms with Gasteiger partial charge in [0.2, 0.25) is 5.89 Å². The smallest absolute Gasteiger partial charge is 0.226 e. The molecule has 1 N–H and O–H groups in total. The molecule has 4 nitrogen and oxygen atoms in total. The standard InChI is InChI=1S/C18H17NO3/c1-13-2-6-15(7-3-13)18-19-16(12-22-18)11-21-17-8-4-14(10-20)5-9-17/h2-9,12,20H,10-11H2,1H3. The molecule has 0 saturated carbocycles. The zero-order valence-corrected chi connectivity index (χ0v) is 12.3. The third-order valence-corrected chi connectivity index (χ3v) is 3.34. The molecule has 2 aromatic carbocycles. The average molecular weight is 295 g/mol. The molecule has 0 amide bonds. The summed E-state index contributed by atoms with van der Waals surface area (Å²) in [4.78, 5) is 4.43. The van der Waals surface area contributed by atoms with Gasteiger partial charge >= 0.3 is 0 Å². The number of rotatable bonds is 5. The second-order valence-electron chi connectivity index (χ2n) is 5.10. The first-order chi connectivity index (χ1) is 10.7. The summed E-state index contributed by atoms with van der Waals surface area (Å²) in [6.45, 7) is 2.41. The van der Waals surface area contributed by atoms with Crippen LogP contribution in [0.3, 0.4) is 0 Å². The zero-order valence-electron chi connectivity index (χ0n) is 12.3. The van der Waals surface area contributed by atoms with E-state index in [1.54, 1.807) is 6.26 Å². The van der Waals surface area contributed by atoms with Crippen molar-refractivity contribution in [3.05, 3.63) is 71.6 Å². The summed E-state index contributed by atoms with van der Waals surface area (Å²) in [5.74, 6) is 1.33. The largest absolute Gasteiger partial charge is 0.487 e. The maximum Gasteiger partial charge on any atom is 0.226 e. The number of oxazole rings is 1. The van der Waals surface area contributed by atoms with Gasteiger partial charge in [-0.3, -0.25) is 0 Å². The Labute approximate surface area is 129 Å². The first kappa shape index (κ1) is 14.4. The Bertz CT molecular complexity index is 730. The van der Waals surface area contributed by atoms with Crippen molar-refractivity contribution in [3.63, 3.8) is 0 Å². The van der Waals surface area contributed by atoms with Gasteiger partial charge in [-0.25, -0.2) is 4.98 Å². The van der Waals surface area contributed by atoms with E-state index in [4.69, 9.17) is 14.3 Å². The highest BCUT2D eigenvalue weighted by Gasteiger charge is 2.07. The molecule has 3 rings (SSSR count). The molecule has 1 heterocycles. The van der Waals surface area contributed by atoms with Crippen LogP contribution in [0.1, 0.15) is 16.8 Å². The van der Waals surface area contributed by atoms with Crippen molar-refractivity contribution >= 4 is 0 Å². The number of ether oxygens (including phenoxy) is 1. The lowest BCUT2D eigenvalue weighted by molar-refractivity contribution is 0.280. The summed E-state index contributed by atoms with van der Waals surface area (Å²) in [6.07, 6.45) is 1.61. The monoisotopic (exact) mass is 295 g/mol. The van der Waals surface area contributed by atoms with E-state index in [-0.39, 0.29) is 6.61 Å². The fourth-order valence-electron chi connectivity index (χ4n) is 2.05. The summed E-state index contributed by atoms with van der Waals surface area (Å²) in [5.41, 5.74) is 3.74. The summed E-state index contributed by atoms with van der Waals surface area (Å²) in [7, 11) is 0. The Kier molecular flexibility index (Phi) is 4.21. The van der Waals surface area contributed by atoms with Crippen LogP contribution in [0.5, 0.6) is 5.75 Å². The van der Waals surface area contributed by atoms with E-state index < -0.39 is 0 Å². The van der Waals surface area contributed by atoms with Crippen molar-refractivity contribution in [1.82, 2.24) is 4.98 Å². The molecule has 112 valence electrons. The molecular weight excluding hydrogens is 278 g/mol. The van der Waals surface area contributed by atoms with Gasteiger partial charge < -0.3 is 14.3 Å². The normalized spacial score (nSPS) is 10.6. The van der Waals surface area contributed by atoms with Crippen LogP contribution in [-0.2, 0) is 13.2 Å².